The zero-order valence-corrected chi connectivity index (χ0v) is 17.3. The molecule has 0 atom stereocenters. The number of benzene rings is 2. The largest absolute Gasteiger partial charge is 0.416 e. The summed E-state index contributed by atoms with van der Waals surface area (Å²) in [6, 6.07) is 11.8. The summed E-state index contributed by atoms with van der Waals surface area (Å²) in [6.45, 7) is 1.61. The van der Waals surface area contributed by atoms with Gasteiger partial charge in [-0.3, -0.25) is 9.59 Å². The lowest BCUT2D eigenvalue weighted by atomic mass is 10.2. The molecule has 0 saturated heterocycles. The van der Waals surface area contributed by atoms with Gasteiger partial charge in [0.1, 0.15) is 0 Å². The maximum atomic E-state index is 13.0. The van der Waals surface area contributed by atoms with E-state index in [1.54, 1.807) is 31.2 Å². The van der Waals surface area contributed by atoms with Crippen molar-refractivity contribution in [1.82, 2.24) is 9.78 Å². The maximum absolute atomic E-state index is 13.0. The number of primary amides is 1. The summed E-state index contributed by atoms with van der Waals surface area (Å²) in [6.07, 6.45) is -2.96. The summed E-state index contributed by atoms with van der Waals surface area (Å²) in [7, 11) is 0. The molecular formula is C21H19F3N4O2S. The monoisotopic (exact) mass is 448 g/mol. The van der Waals surface area contributed by atoms with Crippen molar-refractivity contribution in [2.24, 2.45) is 5.73 Å². The van der Waals surface area contributed by atoms with E-state index in [0.29, 0.717) is 17.1 Å². The topological polar surface area (TPSA) is 90.0 Å². The SMILES string of the molecule is Cc1c(C(=O)Nc2ccccc2SCCC(N)=O)cnn1-c1cccc(C(F)(F)F)c1. The van der Waals surface area contributed by atoms with Crippen LogP contribution in [0.4, 0.5) is 18.9 Å². The summed E-state index contributed by atoms with van der Waals surface area (Å²) >= 11 is 1.38. The highest BCUT2D eigenvalue weighted by Gasteiger charge is 2.30. The van der Waals surface area contributed by atoms with Crippen LogP contribution in [0.25, 0.3) is 5.69 Å². The molecule has 6 nitrogen and oxygen atoms in total. The average Bonchev–Trinajstić information content (AvgIpc) is 3.10. The third kappa shape index (κ3) is 5.46. The van der Waals surface area contributed by atoms with E-state index in [4.69, 9.17) is 5.73 Å². The Morgan fingerprint density at radius 2 is 1.90 bits per heavy atom. The van der Waals surface area contributed by atoms with Gasteiger partial charge in [0.15, 0.2) is 0 Å². The van der Waals surface area contributed by atoms with Gasteiger partial charge in [-0.15, -0.1) is 11.8 Å². The molecule has 0 bridgehead atoms. The van der Waals surface area contributed by atoms with Crippen LogP contribution >= 0.6 is 11.8 Å². The van der Waals surface area contributed by atoms with Crippen molar-refractivity contribution in [1.29, 1.82) is 0 Å². The highest BCUT2D eigenvalue weighted by atomic mass is 32.2. The normalized spacial score (nSPS) is 11.4. The van der Waals surface area contributed by atoms with Gasteiger partial charge < -0.3 is 11.1 Å². The molecule has 10 heteroatoms. The molecule has 0 aliphatic rings. The number of para-hydroxylation sites is 1. The van der Waals surface area contributed by atoms with Crippen LogP contribution in [0.5, 0.6) is 0 Å². The number of aromatic nitrogens is 2. The summed E-state index contributed by atoms with van der Waals surface area (Å²) < 4.78 is 40.3. The van der Waals surface area contributed by atoms with Crippen LogP contribution < -0.4 is 11.1 Å². The maximum Gasteiger partial charge on any atom is 0.416 e. The average molecular weight is 448 g/mol. The third-order valence-corrected chi connectivity index (χ3v) is 5.49. The lowest BCUT2D eigenvalue weighted by molar-refractivity contribution is -0.137. The molecule has 0 aliphatic heterocycles. The fourth-order valence-corrected chi connectivity index (χ4v) is 3.83. The van der Waals surface area contributed by atoms with Gasteiger partial charge >= 0.3 is 6.18 Å². The van der Waals surface area contributed by atoms with Crippen LogP contribution in [0.2, 0.25) is 0 Å². The Morgan fingerprint density at radius 1 is 1.16 bits per heavy atom. The molecule has 1 heterocycles. The number of nitrogens with one attached hydrogen (secondary N) is 1. The molecule has 0 spiro atoms. The van der Waals surface area contributed by atoms with Crippen LogP contribution in [0, 0.1) is 6.92 Å². The van der Waals surface area contributed by atoms with Crippen molar-refractivity contribution in [3.8, 4) is 5.69 Å². The van der Waals surface area contributed by atoms with E-state index in [1.165, 1.54) is 34.8 Å². The first-order valence-electron chi connectivity index (χ1n) is 9.20. The van der Waals surface area contributed by atoms with Crippen LogP contribution in [0.1, 0.15) is 28.0 Å². The Bertz CT molecular complexity index is 1110. The van der Waals surface area contributed by atoms with E-state index in [-0.39, 0.29) is 17.7 Å². The predicted molar refractivity (Wildman–Crippen MR) is 112 cm³/mol. The lowest BCUT2D eigenvalue weighted by Gasteiger charge is -2.11. The van der Waals surface area contributed by atoms with Crippen LogP contribution in [-0.4, -0.2) is 27.3 Å². The van der Waals surface area contributed by atoms with Crippen molar-refractivity contribution in [3.05, 3.63) is 71.5 Å². The minimum absolute atomic E-state index is 0.203. The smallest absolute Gasteiger partial charge is 0.370 e. The number of nitrogens with zero attached hydrogens (tertiary/aromatic N) is 2. The first-order chi connectivity index (χ1) is 14.7. The fraction of sp³-hybridized carbons (Fsp3) is 0.190. The molecule has 3 rings (SSSR count). The van der Waals surface area contributed by atoms with Crippen molar-refractivity contribution >= 4 is 29.3 Å². The standard InChI is InChI=1S/C21H19F3N4O2S/c1-13-16(12-26-28(13)15-6-4-5-14(11-15)21(22,23)24)20(30)27-17-7-2-3-8-18(17)31-10-9-19(25)29/h2-8,11-12H,9-10H2,1H3,(H2,25,29)(H,27,30). The summed E-state index contributed by atoms with van der Waals surface area (Å²) in [4.78, 5) is 24.5. The third-order valence-electron chi connectivity index (χ3n) is 4.41. The molecule has 1 aromatic heterocycles. The van der Waals surface area contributed by atoms with Crippen molar-refractivity contribution < 1.29 is 22.8 Å². The van der Waals surface area contributed by atoms with Gasteiger partial charge in [0.05, 0.1) is 34.4 Å². The number of hydrogen-bond donors (Lipinski definition) is 2. The molecule has 31 heavy (non-hydrogen) atoms. The van der Waals surface area contributed by atoms with E-state index in [1.807, 2.05) is 0 Å². The minimum atomic E-state index is -4.48. The molecule has 0 saturated carbocycles. The number of nitrogens with two attached hydrogens (primary N) is 1. The summed E-state index contributed by atoms with van der Waals surface area (Å²) in [5.41, 5.74) is 5.74. The highest BCUT2D eigenvalue weighted by Crippen LogP contribution is 2.31. The van der Waals surface area contributed by atoms with E-state index in [9.17, 15) is 22.8 Å². The minimum Gasteiger partial charge on any atom is -0.370 e. The van der Waals surface area contributed by atoms with Gasteiger partial charge in [0.25, 0.3) is 5.91 Å². The molecule has 162 valence electrons. The van der Waals surface area contributed by atoms with Crippen LogP contribution in [0.3, 0.4) is 0 Å². The molecule has 2 aromatic carbocycles. The number of hydrogen-bond acceptors (Lipinski definition) is 4. The zero-order chi connectivity index (χ0) is 22.6. The van der Waals surface area contributed by atoms with E-state index >= 15 is 0 Å². The number of carbonyl (C=O) groups is 2. The molecule has 3 aromatic rings. The Balaban J connectivity index is 1.81. The number of alkyl halides is 3. The molecule has 0 aliphatic carbocycles. The molecule has 3 N–H and O–H groups in total. The molecular weight excluding hydrogens is 429 g/mol. The molecule has 0 unspecified atom stereocenters. The predicted octanol–water partition coefficient (Wildman–Crippen LogP) is 4.42. The van der Waals surface area contributed by atoms with Gasteiger partial charge in [-0.25, -0.2) is 4.68 Å². The number of anilines is 1. The van der Waals surface area contributed by atoms with E-state index < -0.39 is 23.6 Å². The second-order valence-electron chi connectivity index (χ2n) is 6.62. The van der Waals surface area contributed by atoms with Crippen LogP contribution in [-0.2, 0) is 11.0 Å². The second-order valence-corrected chi connectivity index (χ2v) is 7.76. The molecule has 0 radical (unpaired) electrons. The molecule has 0 fully saturated rings. The van der Waals surface area contributed by atoms with Gasteiger partial charge in [0, 0.05) is 17.1 Å². The van der Waals surface area contributed by atoms with Crippen LogP contribution in [0.15, 0.2) is 59.6 Å². The van der Waals surface area contributed by atoms with Gasteiger partial charge in [-0.2, -0.15) is 18.3 Å². The Kier molecular flexibility index (Phi) is 6.69. The number of thioether (sulfide) groups is 1. The van der Waals surface area contributed by atoms with Gasteiger partial charge in [-0.1, -0.05) is 18.2 Å². The van der Waals surface area contributed by atoms with E-state index in [0.717, 1.165) is 17.0 Å². The van der Waals surface area contributed by atoms with E-state index in [2.05, 4.69) is 10.4 Å². The first kappa shape index (κ1) is 22.4. The highest BCUT2D eigenvalue weighted by molar-refractivity contribution is 7.99. The van der Waals surface area contributed by atoms with Gasteiger partial charge in [-0.05, 0) is 37.3 Å². The molecule has 2 amide bonds. The Labute approximate surface area is 180 Å². The Morgan fingerprint density at radius 3 is 2.61 bits per heavy atom. The first-order valence-corrected chi connectivity index (χ1v) is 10.2. The summed E-state index contributed by atoms with van der Waals surface area (Å²) in [5.74, 6) is -0.389. The second kappa shape index (κ2) is 9.25. The lowest BCUT2D eigenvalue weighted by Crippen LogP contribution is -2.14. The number of rotatable bonds is 7. The van der Waals surface area contributed by atoms with Crippen molar-refractivity contribution in [3.63, 3.8) is 0 Å². The van der Waals surface area contributed by atoms with Crippen molar-refractivity contribution in [2.45, 2.75) is 24.4 Å². The quantitative estimate of drug-likeness (QED) is 0.524. The summed E-state index contributed by atoms with van der Waals surface area (Å²) in [5, 5.41) is 6.89. The number of halogens is 3. The zero-order valence-electron chi connectivity index (χ0n) is 16.4. The number of amides is 2. The number of carbonyl (C=O) groups excluding carboxylic acids is 2. The Hall–Kier alpha value is -3.27. The van der Waals surface area contributed by atoms with Crippen molar-refractivity contribution in [2.75, 3.05) is 11.1 Å². The fourth-order valence-electron chi connectivity index (χ4n) is 2.85. The van der Waals surface area contributed by atoms with Gasteiger partial charge in [0.2, 0.25) is 5.91 Å².